The van der Waals surface area contributed by atoms with Gasteiger partial charge >= 0.3 is 0 Å². The zero-order valence-electron chi connectivity index (χ0n) is 11.4. The number of ether oxygens (including phenoxy) is 2. The van der Waals surface area contributed by atoms with E-state index in [1.165, 1.54) is 0 Å². The third-order valence-electron chi connectivity index (χ3n) is 2.95. The van der Waals surface area contributed by atoms with Crippen LogP contribution in [0, 0.1) is 6.92 Å². The van der Waals surface area contributed by atoms with Crippen LogP contribution in [0.1, 0.15) is 11.3 Å². The standard InChI is InChI=1S/C14H18N2O3/c1-9-4-5-11(18-3)10(8-9)13-12(6-7-17-2)19-16-14(13)15/h4-5,8H,6-7H2,1-3H3,(H2,15,16). The molecule has 0 aliphatic carbocycles. The fourth-order valence-electron chi connectivity index (χ4n) is 2.01. The van der Waals surface area contributed by atoms with Crippen LogP contribution in [0.25, 0.3) is 11.1 Å². The van der Waals surface area contributed by atoms with Crippen molar-refractivity contribution in [3.8, 4) is 16.9 Å². The van der Waals surface area contributed by atoms with Crippen molar-refractivity contribution in [3.05, 3.63) is 29.5 Å². The van der Waals surface area contributed by atoms with E-state index in [4.69, 9.17) is 19.7 Å². The number of nitrogen functional groups attached to an aromatic ring is 1. The average Bonchev–Trinajstić information content (AvgIpc) is 2.77. The summed E-state index contributed by atoms with van der Waals surface area (Å²) in [6.07, 6.45) is 0.618. The summed E-state index contributed by atoms with van der Waals surface area (Å²) in [6.45, 7) is 2.57. The van der Waals surface area contributed by atoms with Crippen molar-refractivity contribution in [2.45, 2.75) is 13.3 Å². The molecule has 0 aliphatic rings. The second kappa shape index (κ2) is 5.75. The normalized spacial score (nSPS) is 10.7. The van der Waals surface area contributed by atoms with Crippen LogP contribution >= 0.6 is 0 Å². The van der Waals surface area contributed by atoms with Gasteiger partial charge in [0.2, 0.25) is 0 Å². The van der Waals surface area contributed by atoms with Crippen LogP contribution in [-0.4, -0.2) is 26.0 Å². The first-order valence-corrected chi connectivity index (χ1v) is 6.05. The zero-order chi connectivity index (χ0) is 13.8. The van der Waals surface area contributed by atoms with Crippen molar-refractivity contribution in [3.63, 3.8) is 0 Å². The number of rotatable bonds is 5. The molecule has 0 radical (unpaired) electrons. The minimum atomic E-state index is 0.370. The molecule has 1 aromatic carbocycles. The number of nitrogens with zero attached hydrogens (tertiary/aromatic N) is 1. The van der Waals surface area contributed by atoms with Gasteiger partial charge in [0, 0.05) is 19.1 Å². The molecule has 0 aliphatic heterocycles. The highest BCUT2D eigenvalue weighted by Crippen LogP contribution is 2.37. The Morgan fingerprint density at radius 3 is 2.79 bits per heavy atom. The molecule has 0 unspecified atom stereocenters. The molecular formula is C14H18N2O3. The van der Waals surface area contributed by atoms with Crippen LogP contribution in [0.15, 0.2) is 22.7 Å². The van der Waals surface area contributed by atoms with Gasteiger partial charge in [-0.1, -0.05) is 16.8 Å². The molecule has 2 aromatic rings. The van der Waals surface area contributed by atoms with Gasteiger partial charge in [-0.05, 0) is 19.1 Å². The van der Waals surface area contributed by atoms with Gasteiger partial charge in [0.1, 0.15) is 11.5 Å². The van der Waals surface area contributed by atoms with Crippen LogP contribution in [0.5, 0.6) is 5.75 Å². The molecule has 0 bridgehead atoms. The second-order valence-corrected chi connectivity index (χ2v) is 4.31. The molecule has 0 saturated heterocycles. The Morgan fingerprint density at radius 1 is 1.32 bits per heavy atom. The van der Waals surface area contributed by atoms with E-state index in [0.717, 1.165) is 22.4 Å². The van der Waals surface area contributed by atoms with E-state index in [2.05, 4.69) is 5.16 Å². The molecule has 0 atom stereocenters. The third-order valence-corrected chi connectivity index (χ3v) is 2.95. The van der Waals surface area contributed by atoms with Crippen LogP contribution in [0.2, 0.25) is 0 Å². The fraction of sp³-hybridized carbons (Fsp3) is 0.357. The Morgan fingerprint density at radius 2 is 2.11 bits per heavy atom. The molecule has 2 N–H and O–H groups in total. The highest BCUT2D eigenvalue weighted by Gasteiger charge is 2.19. The van der Waals surface area contributed by atoms with Crippen molar-refractivity contribution in [2.75, 3.05) is 26.6 Å². The Bertz CT molecular complexity index is 564. The van der Waals surface area contributed by atoms with Crippen molar-refractivity contribution in [1.29, 1.82) is 0 Å². The Balaban J connectivity index is 2.51. The summed E-state index contributed by atoms with van der Waals surface area (Å²) < 4.78 is 15.7. The molecule has 1 aromatic heterocycles. The number of anilines is 1. The first-order chi connectivity index (χ1) is 9.17. The quantitative estimate of drug-likeness (QED) is 0.896. The minimum absolute atomic E-state index is 0.370. The predicted octanol–water partition coefficient (Wildman–Crippen LogP) is 2.43. The molecule has 2 rings (SSSR count). The number of nitrogens with two attached hydrogens (primary N) is 1. The first-order valence-electron chi connectivity index (χ1n) is 6.05. The van der Waals surface area contributed by atoms with Crippen molar-refractivity contribution in [2.24, 2.45) is 0 Å². The maximum absolute atomic E-state index is 5.92. The minimum Gasteiger partial charge on any atom is -0.496 e. The highest BCUT2D eigenvalue weighted by molar-refractivity contribution is 5.80. The molecule has 1 heterocycles. The predicted molar refractivity (Wildman–Crippen MR) is 73.2 cm³/mol. The Kier molecular flexibility index (Phi) is 4.06. The summed E-state index contributed by atoms with van der Waals surface area (Å²) in [7, 11) is 3.28. The molecule has 5 heteroatoms. The van der Waals surface area contributed by atoms with Crippen molar-refractivity contribution < 1.29 is 14.0 Å². The summed E-state index contributed by atoms with van der Waals surface area (Å²) in [6, 6.07) is 5.91. The van der Waals surface area contributed by atoms with Gasteiger partial charge in [0.05, 0.1) is 19.3 Å². The molecule has 5 nitrogen and oxygen atoms in total. The van der Waals surface area contributed by atoms with E-state index in [-0.39, 0.29) is 0 Å². The van der Waals surface area contributed by atoms with E-state index < -0.39 is 0 Å². The molecular weight excluding hydrogens is 244 g/mol. The number of hydrogen-bond donors (Lipinski definition) is 1. The zero-order valence-corrected chi connectivity index (χ0v) is 11.4. The largest absolute Gasteiger partial charge is 0.496 e. The second-order valence-electron chi connectivity index (χ2n) is 4.31. The summed E-state index contributed by atoms with van der Waals surface area (Å²) in [5, 5.41) is 3.84. The van der Waals surface area contributed by atoms with Crippen LogP contribution < -0.4 is 10.5 Å². The molecule has 0 fully saturated rings. The lowest BCUT2D eigenvalue weighted by Gasteiger charge is -2.09. The number of aryl methyl sites for hydroxylation is 1. The van der Waals surface area contributed by atoms with E-state index in [0.29, 0.717) is 24.6 Å². The number of methoxy groups -OCH3 is 2. The van der Waals surface area contributed by atoms with E-state index in [9.17, 15) is 0 Å². The number of benzene rings is 1. The topological polar surface area (TPSA) is 70.5 Å². The summed E-state index contributed by atoms with van der Waals surface area (Å²) in [5.41, 5.74) is 8.72. The van der Waals surface area contributed by atoms with Crippen molar-refractivity contribution >= 4 is 5.82 Å². The van der Waals surface area contributed by atoms with Gasteiger partial charge in [0.15, 0.2) is 5.82 Å². The Labute approximate surface area is 112 Å². The van der Waals surface area contributed by atoms with Gasteiger partial charge in [-0.2, -0.15) is 0 Å². The fourth-order valence-corrected chi connectivity index (χ4v) is 2.01. The smallest absolute Gasteiger partial charge is 0.175 e. The Hall–Kier alpha value is -2.01. The SMILES string of the molecule is COCCc1onc(N)c1-c1cc(C)ccc1OC. The van der Waals surface area contributed by atoms with Crippen LogP contribution in [0.4, 0.5) is 5.82 Å². The molecule has 0 spiro atoms. The summed E-state index contributed by atoms with van der Waals surface area (Å²) in [4.78, 5) is 0. The average molecular weight is 262 g/mol. The van der Waals surface area contributed by atoms with Gasteiger partial charge in [-0.25, -0.2) is 0 Å². The van der Waals surface area contributed by atoms with Crippen molar-refractivity contribution in [1.82, 2.24) is 5.16 Å². The van der Waals surface area contributed by atoms with Crippen LogP contribution in [-0.2, 0) is 11.2 Å². The summed E-state index contributed by atoms with van der Waals surface area (Å²) in [5.74, 6) is 1.83. The maximum atomic E-state index is 5.92. The van der Waals surface area contributed by atoms with E-state index in [1.54, 1.807) is 14.2 Å². The molecule has 0 amide bonds. The highest BCUT2D eigenvalue weighted by atomic mass is 16.5. The molecule has 19 heavy (non-hydrogen) atoms. The summed E-state index contributed by atoms with van der Waals surface area (Å²) >= 11 is 0. The van der Waals surface area contributed by atoms with E-state index >= 15 is 0 Å². The number of hydrogen-bond acceptors (Lipinski definition) is 5. The lowest BCUT2D eigenvalue weighted by molar-refractivity contribution is 0.193. The van der Waals surface area contributed by atoms with Gasteiger partial charge in [-0.15, -0.1) is 0 Å². The lowest BCUT2D eigenvalue weighted by Crippen LogP contribution is -1.98. The monoisotopic (exact) mass is 262 g/mol. The number of aromatic nitrogens is 1. The molecule has 102 valence electrons. The first kappa shape index (κ1) is 13.4. The third kappa shape index (κ3) is 2.71. The van der Waals surface area contributed by atoms with Crippen LogP contribution in [0.3, 0.4) is 0 Å². The van der Waals surface area contributed by atoms with Gasteiger partial charge in [0.25, 0.3) is 0 Å². The van der Waals surface area contributed by atoms with Gasteiger partial charge < -0.3 is 19.7 Å². The van der Waals surface area contributed by atoms with Gasteiger partial charge in [-0.3, -0.25) is 0 Å². The van der Waals surface area contributed by atoms with E-state index in [1.807, 2.05) is 25.1 Å². The lowest BCUT2D eigenvalue weighted by atomic mass is 10.0. The molecule has 0 saturated carbocycles. The maximum Gasteiger partial charge on any atom is 0.175 e.